The standard InChI is InChI=1S/C26H28F2N2O2S2/c27-21-8-4-7-19(25(21)28)15-30-20(11-12-24(30)34)14-23(33)29-22(13-17-9-10-17)26(31)32-16-18-5-2-1-3-6-18/h1-8,17,20,22H,9-16H2,(H,29,33)/t20-,22-/m0/s1. The molecule has 1 aliphatic heterocycles. The second kappa shape index (κ2) is 11.3. The first-order chi connectivity index (χ1) is 16.4. The third kappa shape index (κ3) is 6.57. The number of benzene rings is 2. The summed E-state index contributed by atoms with van der Waals surface area (Å²) in [6, 6.07) is 13.2. The second-order valence-corrected chi connectivity index (χ2v) is 9.99. The van der Waals surface area contributed by atoms with Gasteiger partial charge < -0.3 is 15.0 Å². The van der Waals surface area contributed by atoms with Crippen molar-refractivity contribution < 1.29 is 18.3 Å². The molecule has 0 radical (unpaired) electrons. The molecule has 0 amide bonds. The molecule has 1 saturated carbocycles. The van der Waals surface area contributed by atoms with E-state index in [4.69, 9.17) is 29.2 Å². The van der Waals surface area contributed by atoms with E-state index in [1.165, 1.54) is 6.07 Å². The largest absolute Gasteiger partial charge is 0.459 e. The molecule has 4 nitrogen and oxygen atoms in total. The lowest BCUT2D eigenvalue weighted by molar-refractivity contribution is -0.147. The van der Waals surface area contributed by atoms with Crippen LogP contribution in [0.25, 0.3) is 0 Å². The molecule has 2 aromatic carbocycles. The van der Waals surface area contributed by atoms with Crippen LogP contribution in [0.1, 0.15) is 49.7 Å². The molecule has 1 N–H and O–H groups in total. The van der Waals surface area contributed by atoms with Crippen molar-refractivity contribution in [1.82, 2.24) is 10.2 Å². The zero-order valence-electron chi connectivity index (χ0n) is 18.8. The molecule has 2 aliphatic rings. The molecule has 1 saturated heterocycles. The first-order valence-corrected chi connectivity index (χ1v) is 12.4. The topological polar surface area (TPSA) is 41.6 Å². The third-order valence-electron chi connectivity index (χ3n) is 6.36. The quantitative estimate of drug-likeness (QED) is 0.343. The lowest BCUT2D eigenvalue weighted by Gasteiger charge is -2.28. The van der Waals surface area contributed by atoms with Gasteiger partial charge in [0.15, 0.2) is 11.6 Å². The van der Waals surface area contributed by atoms with Crippen LogP contribution in [-0.2, 0) is 22.7 Å². The number of hydrogen-bond acceptors (Lipinski definition) is 4. The van der Waals surface area contributed by atoms with E-state index in [-0.39, 0.29) is 30.7 Å². The van der Waals surface area contributed by atoms with Gasteiger partial charge in [-0.15, -0.1) is 0 Å². The summed E-state index contributed by atoms with van der Waals surface area (Å²) in [5.41, 5.74) is 1.20. The lowest BCUT2D eigenvalue weighted by atomic mass is 10.1. The van der Waals surface area contributed by atoms with E-state index in [0.29, 0.717) is 35.2 Å². The minimum atomic E-state index is -0.867. The fourth-order valence-electron chi connectivity index (χ4n) is 4.27. The Morgan fingerprint density at radius 1 is 1.12 bits per heavy atom. The Bertz CT molecular complexity index is 1050. The van der Waals surface area contributed by atoms with Gasteiger partial charge in [-0.2, -0.15) is 0 Å². The normalized spacial score (nSPS) is 18.6. The average molecular weight is 503 g/mol. The number of nitrogens with zero attached hydrogens (tertiary/aromatic N) is 1. The van der Waals surface area contributed by atoms with Gasteiger partial charge in [-0.25, -0.2) is 13.6 Å². The molecule has 2 atom stereocenters. The average Bonchev–Trinajstić information content (AvgIpc) is 3.59. The molecule has 2 fully saturated rings. The van der Waals surface area contributed by atoms with E-state index in [0.717, 1.165) is 30.9 Å². The maximum absolute atomic E-state index is 14.2. The molecule has 2 aromatic rings. The van der Waals surface area contributed by atoms with Gasteiger partial charge in [-0.05, 0) is 36.8 Å². The van der Waals surface area contributed by atoms with E-state index >= 15 is 0 Å². The van der Waals surface area contributed by atoms with E-state index in [1.54, 1.807) is 6.07 Å². The van der Waals surface area contributed by atoms with Crippen molar-refractivity contribution in [3.05, 3.63) is 71.3 Å². The predicted molar refractivity (Wildman–Crippen MR) is 135 cm³/mol. The molecular formula is C26H28F2N2O2S2. The number of nitrogens with one attached hydrogen (secondary N) is 1. The third-order valence-corrected chi connectivity index (χ3v) is 7.08. The van der Waals surface area contributed by atoms with Crippen LogP contribution in [0.15, 0.2) is 48.5 Å². The predicted octanol–water partition coefficient (Wildman–Crippen LogP) is 5.48. The fourth-order valence-corrected chi connectivity index (χ4v) is 4.94. The van der Waals surface area contributed by atoms with Crippen molar-refractivity contribution in [2.75, 3.05) is 0 Å². The molecule has 180 valence electrons. The van der Waals surface area contributed by atoms with Crippen LogP contribution in [0, 0.1) is 17.6 Å². The highest BCUT2D eigenvalue weighted by atomic mass is 32.1. The van der Waals surface area contributed by atoms with Crippen LogP contribution in [0.4, 0.5) is 8.78 Å². The summed E-state index contributed by atoms with van der Waals surface area (Å²) in [6.07, 6.45) is 4.88. The van der Waals surface area contributed by atoms with Gasteiger partial charge in [0.05, 0.1) is 9.98 Å². The lowest BCUT2D eigenvalue weighted by Crippen LogP contribution is -2.44. The molecule has 4 rings (SSSR count). The van der Waals surface area contributed by atoms with Crippen LogP contribution < -0.4 is 5.32 Å². The number of rotatable bonds is 10. The Hall–Kier alpha value is -2.45. The highest BCUT2D eigenvalue weighted by Gasteiger charge is 2.33. The molecule has 0 aromatic heterocycles. The first-order valence-electron chi connectivity index (χ1n) is 11.6. The summed E-state index contributed by atoms with van der Waals surface area (Å²) in [5, 5.41) is 3.22. The van der Waals surface area contributed by atoms with Gasteiger partial charge >= 0.3 is 5.97 Å². The van der Waals surface area contributed by atoms with Crippen LogP contribution in [0.3, 0.4) is 0 Å². The highest BCUT2D eigenvalue weighted by Crippen LogP contribution is 2.34. The van der Waals surface area contributed by atoms with Crippen molar-refractivity contribution in [2.24, 2.45) is 5.92 Å². The van der Waals surface area contributed by atoms with Crippen LogP contribution in [0.2, 0.25) is 0 Å². The smallest absolute Gasteiger partial charge is 0.328 e. The van der Waals surface area contributed by atoms with Gasteiger partial charge in [0.25, 0.3) is 0 Å². The van der Waals surface area contributed by atoms with Crippen molar-refractivity contribution in [3.8, 4) is 0 Å². The van der Waals surface area contributed by atoms with E-state index in [2.05, 4.69) is 5.32 Å². The molecule has 0 spiro atoms. The molecule has 0 unspecified atom stereocenters. The Labute approximate surface area is 209 Å². The maximum Gasteiger partial charge on any atom is 0.328 e. The zero-order valence-corrected chi connectivity index (χ0v) is 20.5. The fraction of sp³-hybridized carbons (Fsp3) is 0.423. The van der Waals surface area contributed by atoms with Crippen molar-refractivity contribution in [2.45, 2.75) is 63.8 Å². The van der Waals surface area contributed by atoms with Crippen LogP contribution >= 0.6 is 24.4 Å². The van der Waals surface area contributed by atoms with Crippen molar-refractivity contribution in [3.63, 3.8) is 0 Å². The Morgan fingerprint density at radius 3 is 2.62 bits per heavy atom. The molecule has 1 aliphatic carbocycles. The number of esters is 1. The Balaban J connectivity index is 1.35. The van der Waals surface area contributed by atoms with E-state index in [1.807, 2.05) is 35.2 Å². The summed E-state index contributed by atoms with van der Waals surface area (Å²) in [6.45, 7) is 0.416. The molecule has 34 heavy (non-hydrogen) atoms. The number of ether oxygens (including phenoxy) is 1. The van der Waals surface area contributed by atoms with Crippen LogP contribution in [-0.4, -0.2) is 32.9 Å². The number of hydrogen-bond donors (Lipinski definition) is 1. The Kier molecular flexibility index (Phi) is 8.21. The van der Waals surface area contributed by atoms with Gasteiger partial charge in [-0.3, -0.25) is 0 Å². The van der Waals surface area contributed by atoms with Gasteiger partial charge in [0.1, 0.15) is 12.6 Å². The zero-order chi connectivity index (χ0) is 24.1. The van der Waals surface area contributed by atoms with Gasteiger partial charge in [0, 0.05) is 24.6 Å². The van der Waals surface area contributed by atoms with Gasteiger partial charge in [0.2, 0.25) is 0 Å². The summed E-state index contributed by atoms with van der Waals surface area (Å²) in [4.78, 5) is 16.0. The van der Waals surface area contributed by atoms with Gasteiger partial charge in [-0.1, -0.05) is 79.7 Å². The van der Waals surface area contributed by atoms with E-state index < -0.39 is 17.7 Å². The van der Waals surface area contributed by atoms with Crippen molar-refractivity contribution in [1.29, 1.82) is 0 Å². The summed E-state index contributed by atoms with van der Waals surface area (Å²) < 4.78 is 33.4. The SMILES string of the molecule is O=C(OCc1ccccc1)[C@H](CC1CC1)NC(=S)C[C@@H]1CCC(=S)N1Cc1cccc(F)c1F. The van der Waals surface area contributed by atoms with Crippen molar-refractivity contribution >= 4 is 40.4 Å². The summed E-state index contributed by atoms with van der Waals surface area (Å²) in [5.74, 6) is -1.51. The molecule has 0 bridgehead atoms. The molecular weight excluding hydrogens is 474 g/mol. The number of halogens is 2. The summed E-state index contributed by atoms with van der Waals surface area (Å²) >= 11 is 11.1. The number of carbonyl (C=O) groups excluding carboxylic acids is 1. The van der Waals surface area contributed by atoms with Crippen LogP contribution in [0.5, 0.6) is 0 Å². The molecule has 1 heterocycles. The number of thiocarbonyl (C=S) groups is 2. The van der Waals surface area contributed by atoms with E-state index in [9.17, 15) is 13.6 Å². The molecule has 8 heteroatoms. The Morgan fingerprint density at radius 2 is 1.88 bits per heavy atom. The second-order valence-electron chi connectivity index (χ2n) is 9.02. The number of likely N-dealkylation sites (tertiary alicyclic amines) is 1. The minimum Gasteiger partial charge on any atom is -0.459 e. The highest BCUT2D eigenvalue weighted by molar-refractivity contribution is 7.80. The minimum absolute atomic E-state index is 0.0305. The summed E-state index contributed by atoms with van der Waals surface area (Å²) in [7, 11) is 0. The first kappa shape index (κ1) is 24.7. The maximum atomic E-state index is 14.2. The number of carbonyl (C=O) groups is 1. The monoisotopic (exact) mass is 502 g/mol.